The number of hydrogen-bond donors (Lipinski definition) is 0. The molecule has 0 atom stereocenters. The Morgan fingerprint density at radius 2 is 1.16 bits per heavy atom. The minimum Gasteiger partial charge on any atom is -0.436 e. The summed E-state index contributed by atoms with van der Waals surface area (Å²) in [6.45, 7) is 4.68. The van der Waals surface area contributed by atoms with Crippen molar-refractivity contribution in [2.24, 2.45) is 0 Å². The maximum absolute atomic E-state index is 9.40. The molecule has 5 heteroatoms. The molecule has 5 nitrogen and oxygen atoms in total. The molecule has 10 aromatic rings. The van der Waals surface area contributed by atoms with Gasteiger partial charge in [-0.2, -0.15) is 5.26 Å². The average Bonchev–Trinajstić information content (AvgIpc) is 3.84. The summed E-state index contributed by atoms with van der Waals surface area (Å²) in [5.41, 5.74) is 16.7. The fourth-order valence-electron chi connectivity index (χ4n) is 8.90. The van der Waals surface area contributed by atoms with Crippen LogP contribution in [0.4, 0.5) is 17.1 Å². The lowest BCUT2D eigenvalue weighted by Crippen LogP contribution is -2.30. The van der Waals surface area contributed by atoms with E-state index in [1.807, 2.05) is 54.6 Å². The highest BCUT2D eigenvalue weighted by Gasteiger charge is 2.37. The van der Waals surface area contributed by atoms with Gasteiger partial charge in [-0.1, -0.05) is 105 Å². The van der Waals surface area contributed by atoms with Gasteiger partial charge in [0.15, 0.2) is 5.58 Å². The second-order valence-electron chi connectivity index (χ2n) is 15.6. The van der Waals surface area contributed by atoms with Gasteiger partial charge < -0.3 is 13.9 Å². The van der Waals surface area contributed by atoms with Crippen LogP contribution in [0.2, 0.25) is 0 Å². The molecule has 1 aliphatic heterocycles. The predicted molar refractivity (Wildman–Crippen MR) is 236 cm³/mol. The Morgan fingerprint density at radius 3 is 1.97 bits per heavy atom. The van der Waals surface area contributed by atoms with Crippen molar-refractivity contribution >= 4 is 50.0 Å². The maximum Gasteiger partial charge on any atom is 0.227 e. The first-order valence-corrected chi connectivity index (χ1v) is 19.6. The van der Waals surface area contributed by atoms with Crippen molar-refractivity contribution < 1.29 is 4.42 Å². The number of para-hydroxylation sites is 2. The molecule has 0 radical (unpaired) electrons. The SMILES string of the molecule is CC1(C)c2ccccc2N(c2ccccc2)c2ccc(-c3ccc4c(c3)c3cc5oc(-c6ccccc6)nc5cc3n4-c3cccc(-c4ccc(C#N)cc4)c3)cc21. The zero-order valence-corrected chi connectivity index (χ0v) is 32.0. The molecule has 0 N–H and O–H groups in total. The van der Waals surface area contributed by atoms with E-state index in [9.17, 15) is 5.26 Å². The Hall–Kier alpha value is -7.68. The molecule has 0 saturated carbocycles. The van der Waals surface area contributed by atoms with Crippen molar-refractivity contribution in [3.05, 3.63) is 199 Å². The van der Waals surface area contributed by atoms with Crippen molar-refractivity contribution in [2.45, 2.75) is 19.3 Å². The summed E-state index contributed by atoms with van der Waals surface area (Å²) in [6.07, 6.45) is 0. The van der Waals surface area contributed by atoms with Crippen LogP contribution in [0.1, 0.15) is 30.5 Å². The fraction of sp³-hybridized carbons (Fsp3) is 0.0566. The lowest BCUT2D eigenvalue weighted by Gasteiger charge is -2.42. The smallest absolute Gasteiger partial charge is 0.227 e. The first-order valence-electron chi connectivity index (χ1n) is 19.6. The quantitative estimate of drug-likeness (QED) is 0.176. The number of aromatic nitrogens is 2. The van der Waals surface area contributed by atoms with E-state index in [4.69, 9.17) is 9.40 Å². The van der Waals surface area contributed by atoms with Gasteiger partial charge in [0.2, 0.25) is 5.89 Å². The van der Waals surface area contributed by atoms with Crippen molar-refractivity contribution in [3.8, 4) is 45.5 Å². The van der Waals surface area contributed by atoms with Crippen LogP contribution in [0, 0.1) is 11.3 Å². The number of rotatable bonds is 5. The van der Waals surface area contributed by atoms with Crippen LogP contribution in [0.3, 0.4) is 0 Å². The van der Waals surface area contributed by atoms with E-state index in [0.717, 1.165) is 72.1 Å². The normalized spacial score (nSPS) is 13.1. The van der Waals surface area contributed by atoms with Gasteiger partial charge in [0.1, 0.15) is 5.52 Å². The van der Waals surface area contributed by atoms with Crippen LogP contribution in [0.25, 0.3) is 72.3 Å². The lowest BCUT2D eigenvalue weighted by atomic mass is 9.73. The molecule has 2 aromatic heterocycles. The van der Waals surface area contributed by atoms with Gasteiger partial charge in [-0.3, -0.25) is 0 Å². The summed E-state index contributed by atoms with van der Waals surface area (Å²) < 4.78 is 8.79. The van der Waals surface area contributed by atoms with Gasteiger partial charge in [0.25, 0.3) is 0 Å². The molecule has 0 fully saturated rings. The molecule has 0 bridgehead atoms. The summed E-state index contributed by atoms with van der Waals surface area (Å²) in [5.74, 6) is 0.602. The number of hydrogen-bond acceptors (Lipinski definition) is 4. The summed E-state index contributed by atoms with van der Waals surface area (Å²) in [4.78, 5) is 7.37. The largest absolute Gasteiger partial charge is 0.436 e. The van der Waals surface area contributed by atoms with E-state index in [2.05, 4.69) is 157 Å². The molecule has 1 aliphatic rings. The monoisotopic (exact) mass is 744 g/mol. The first-order chi connectivity index (χ1) is 28.4. The van der Waals surface area contributed by atoms with E-state index in [1.165, 1.54) is 22.5 Å². The van der Waals surface area contributed by atoms with E-state index in [1.54, 1.807) is 0 Å². The number of benzene rings is 8. The fourth-order valence-corrected chi connectivity index (χ4v) is 8.90. The van der Waals surface area contributed by atoms with Crippen LogP contribution in [-0.2, 0) is 5.41 Å². The Morgan fingerprint density at radius 1 is 0.517 bits per heavy atom. The number of oxazole rings is 1. The van der Waals surface area contributed by atoms with Crippen molar-refractivity contribution in [3.63, 3.8) is 0 Å². The van der Waals surface area contributed by atoms with Gasteiger partial charge in [-0.25, -0.2) is 4.98 Å². The number of fused-ring (bicyclic) bond motifs is 6. The minimum atomic E-state index is -0.221. The Kier molecular flexibility index (Phi) is 7.51. The molecule has 0 saturated heterocycles. The molecule has 11 rings (SSSR count). The molecule has 0 spiro atoms. The van der Waals surface area contributed by atoms with E-state index >= 15 is 0 Å². The van der Waals surface area contributed by atoms with Crippen LogP contribution in [0.5, 0.6) is 0 Å². The third-order valence-electron chi connectivity index (χ3n) is 11.8. The highest BCUT2D eigenvalue weighted by Crippen LogP contribution is 2.52. The summed E-state index contributed by atoms with van der Waals surface area (Å²) in [6, 6.07) is 66.2. The number of nitriles is 1. The lowest BCUT2D eigenvalue weighted by molar-refractivity contribution is 0.620. The van der Waals surface area contributed by atoms with Crippen LogP contribution in [-0.4, -0.2) is 9.55 Å². The predicted octanol–water partition coefficient (Wildman–Crippen LogP) is 13.9. The van der Waals surface area contributed by atoms with Crippen LogP contribution in [0.15, 0.2) is 186 Å². The molecule has 3 heterocycles. The zero-order valence-electron chi connectivity index (χ0n) is 32.0. The summed E-state index contributed by atoms with van der Waals surface area (Å²) >= 11 is 0. The van der Waals surface area contributed by atoms with Gasteiger partial charge in [0, 0.05) is 33.1 Å². The second-order valence-corrected chi connectivity index (χ2v) is 15.6. The first kappa shape index (κ1) is 33.6. The van der Waals surface area contributed by atoms with Crippen molar-refractivity contribution in [1.82, 2.24) is 9.55 Å². The van der Waals surface area contributed by atoms with E-state index in [0.29, 0.717) is 11.5 Å². The molecular weight excluding hydrogens is 709 g/mol. The highest BCUT2D eigenvalue weighted by molar-refractivity contribution is 6.13. The minimum absolute atomic E-state index is 0.221. The second kappa shape index (κ2) is 12.9. The third-order valence-corrected chi connectivity index (χ3v) is 11.8. The van der Waals surface area contributed by atoms with Crippen LogP contribution < -0.4 is 4.90 Å². The van der Waals surface area contributed by atoms with Crippen molar-refractivity contribution in [2.75, 3.05) is 4.90 Å². The number of nitrogens with zero attached hydrogens (tertiary/aromatic N) is 4. The average molecular weight is 745 g/mol. The molecule has 58 heavy (non-hydrogen) atoms. The molecule has 274 valence electrons. The van der Waals surface area contributed by atoms with Crippen molar-refractivity contribution in [1.29, 1.82) is 5.26 Å². The summed E-state index contributed by atoms with van der Waals surface area (Å²) in [5, 5.41) is 11.6. The highest BCUT2D eigenvalue weighted by atomic mass is 16.3. The number of anilines is 3. The Labute approximate surface area is 336 Å². The topological polar surface area (TPSA) is 58.0 Å². The Bertz CT molecular complexity index is 3260. The molecule has 0 aliphatic carbocycles. The molecular formula is C53H36N4O. The zero-order chi connectivity index (χ0) is 39.0. The van der Waals surface area contributed by atoms with E-state index < -0.39 is 0 Å². The third kappa shape index (κ3) is 5.27. The molecule has 0 unspecified atom stereocenters. The van der Waals surface area contributed by atoms with Gasteiger partial charge in [-0.15, -0.1) is 0 Å². The Balaban J connectivity index is 1.11. The molecule has 8 aromatic carbocycles. The summed E-state index contributed by atoms with van der Waals surface area (Å²) in [7, 11) is 0. The van der Waals surface area contributed by atoms with Crippen LogP contribution >= 0.6 is 0 Å². The standard InChI is InChI=1S/C53H36N4O/c1-53(2)44-18-9-10-19-48(44)56(40-15-7-4-8-16-40)49-27-25-39(30-45(49)53)38-24-26-47-42(29-38)43-31-51-46(55-52(58-51)36-12-5-3-6-13-36)32-50(43)57(47)41-17-11-14-37(28-41)35-22-20-34(33-54)21-23-35/h3-32H,1-2H3. The van der Waals surface area contributed by atoms with Gasteiger partial charge >= 0.3 is 0 Å². The van der Waals surface area contributed by atoms with E-state index in [-0.39, 0.29) is 5.41 Å². The van der Waals surface area contributed by atoms with Gasteiger partial charge in [0.05, 0.1) is 34.0 Å². The maximum atomic E-state index is 9.40. The van der Waals surface area contributed by atoms with Gasteiger partial charge in [-0.05, 0) is 124 Å². The molecule has 0 amide bonds.